The lowest BCUT2D eigenvalue weighted by atomic mass is 9.76. The lowest BCUT2D eigenvalue weighted by molar-refractivity contribution is -0.123. The third-order valence-corrected chi connectivity index (χ3v) is 4.60. The third-order valence-electron chi connectivity index (χ3n) is 4.60. The highest BCUT2D eigenvalue weighted by Gasteiger charge is 2.40. The molecule has 2 unspecified atom stereocenters. The molecule has 1 saturated heterocycles. The first-order valence-corrected chi connectivity index (χ1v) is 6.69. The number of rotatable bonds is 0. The lowest BCUT2D eigenvalue weighted by Crippen LogP contribution is -2.48. The van der Waals surface area contributed by atoms with E-state index >= 15 is 0 Å². The zero-order valence-corrected chi connectivity index (χ0v) is 11.3. The van der Waals surface area contributed by atoms with E-state index in [1.54, 1.807) is 0 Å². The van der Waals surface area contributed by atoms with Crippen LogP contribution in [0.25, 0.3) is 0 Å². The molecule has 1 N–H and O–H groups in total. The number of piperidine rings is 1. The van der Waals surface area contributed by atoms with Crippen molar-refractivity contribution in [3.63, 3.8) is 0 Å². The number of fused-ring (bicyclic) bond motifs is 3. The molecule has 3 heteroatoms. The minimum atomic E-state index is 0.172. The summed E-state index contributed by atoms with van der Waals surface area (Å²) in [6.45, 7) is 6.12. The number of benzene rings is 1. The fourth-order valence-corrected chi connectivity index (χ4v) is 3.41. The number of hydrogen-bond acceptors (Lipinski definition) is 2. The molecule has 2 aliphatic heterocycles. The Hall–Kier alpha value is -1.35. The number of carbonyl (C=O) groups excluding carboxylic acids is 1. The summed E-state index contributed by atoms with van der Waals surface area (Å²) in [6.07, 6.45) is 0.959. The summed E-state index contributed by atoms with van der Waals surface area (Å²) in [5.41, 5.74) is 4.99. The summed E-state index contributed by atoms with van der Waals surface area (Å²) < 4.78 is 0. The largest absolute Gasteiger partial charge is 0.316 e. The zero-order valence-electron chi connectivity index (χ0n) is 11.3. The SMILES string of the molecule is Cc1ccc2c(c1C)N(C)C(=O)C1CCNCC21. The Morgan fingerprint density at radius 1 is 1.28 bits per heavy atom. The van der Waals surface area contributed by atoms with Crippen LogP contribution >= 0.6 is 0 Å². The van der Waals surface area contributed by atoms with Crippen LogP contribution in [0.2, 0.25) is 0 Å². The molecule has 2 aliphatic rings. The molecule has 1 aromatic rings. The average molecular weight is 244 g/mol. The van der Waals surface area contributed by atoms with Gasteiger partial charge in [0.25, 0.3) is 0 Å². The summed E-state index contributed by atoms with van der Waals surface area (Å²) >= 11 is 0. The van der Waals surface area contributed by atoms with Crippen LogP contribution in [0.1, 0.15) is 29.0 Å². The van der Waals surface area contributed by atoms with Gasteiger partial charge < -0.3 is 10.2 Å². The van der Waals surface area contributed by atoms with E-state index in [0.29, 0.717) is 11.8 Å². The van der Waals surface area contributed by atoms with E-state index in [1.165, 1.54) is 16.7 Å². The summed E-state index contributed by atoms with van der Waals surface area (Å²) in [7, 11) is 1.92. The fourth-order valence-electron chi connectivity index (χ4n) is 3.41. The highest BCUT2D eigenvalue weighted by atomic mass is 16.2. The van der Waals surface area contributed by atoms with E-state index in [2.05, 4.69) is 31.3 Å². The highest BCUT2D eigenvalue weighted by molar-refractivity contribution is 5.99. The van der Waals surface area contributed by atoms with Crippen LogP contribution in [0, 0.1) is 19.8 Å². The van der Waals surface area contributed by atoms with E-state index in [4.69, 9.17) is 0 Å². The summed E-state index contributed by atoms with van der Waals surface area (Å²) in [4.78, 5) is 14.4. The summed E-state index contributed by atoms with van der Waals surface area (Å²) in [6, 6.07) is 4.40. The average Bonchev–Trinajstić information content (AvgIpc) is 2.39. The second kappa shape index (κ2) is 4.09. The van der Waals surface area contributed by atoms with Crippen molar-refractivity contribution >= 4 is 11.6 Å². The topological polar surface area (TPSA) is 32.3 Å². The smallest absolute Gasteiger partial charge is 0.230 e. The molecule has 0 aliphatic carbocycles. The van der Waals surface area contributed by atoms with Crippen molar-refractivity contribution in [1.29, 1.82) is 0 Å². The molecule has 0 bridgehead atoms. The standard InChI is InChI=1S/C15H20N2O/c1-9-4-5-11-13-8-16-7-6-12(13)15(18)17(3)14(11)10(9)2/h4-5,12-13,16H,6-8H2,1-3H3. The van der Waals surface area contributed by atoms with Gasteiger partial charge in [-0.05, 0) is 43.5 Å². The summed E-state index contributed by atoms with van der Waals surface area (Å²) in [5, 5.41) is 3.42. The molecule has 96 valence electrons. The molecule has 0 saturated carbocycles. The van der Waals surface area contributed by atoms with Crippen molar-refractivity contribution in [3.05, 3.63) is 28.8 Å². The Kier molecular flexibility index (Phi) is 2.67. The van der Waals surface area contributed by atoms with Crippen molar-refractivity contribution in [2.75, 3.05) is 25.0 Å². The molecule has 18 heavy (non-hydrogen) atoms. The molecule has 1 aromatic carbocycles. The van der Waals surface area contributed by atoms with Gasteiger partial charge in [0.1, 0.15) is 0 Å². The van der Waals surface area contributed by atoms with Gasteiger partial charge >= 0.3 is 0 Å². The molecule has 0 spiro atoms. The molecular formula is C15H20N2O. The highest BCUT2D eigenvalue weighted by Crippen LogP contribution is 2.43. The van der Waals surface area contributed by atoms with Crippen LogP contribution in [0.4, 0.5) is 5.69 Å². The number of hydrogen-bond donors (Lipinski definition) is 1. The normalized spacial score (nSPS) is 26.8. The van der Waals surface area contributed by atoms with Gasteiger partial charge in [0, 0.05) is 25.4 Å². The Morgan fingerprint density at radius 3 is 2.83 bits per heavy atom. The molecule has 0 aromatic heterocycles. The van der Waals surface area contributed by atoms with Gasteiger partial charge in [-0.2, -0.15) is 0 Å². The number of anilines is 1. The monoisotopic (exact) mass is 244 g/mol. The number of aryl methyl sites for hydroxylation is 1. The van der Waals surface area contributed by atoms with Crippen molar-refractivity contribution in [2.45, 2.75) is 26.2 Å². The van der Waals surface area contributed by atoms with Gasteiger partial charge in [0.2, 0.25) is 5.91 Å². The first kappa shape index (κ1) is 11.7. The van der Waals surface area contributed by atoms with Crippen LogP contribution in [0.3, 0.4) is 0 Å². The van der Waals surface area contributed by atoms with Crippen LogP contribution in [0.5, 0.6) is 0 Å². The molecule has 2 atom stereocenters. The predicted octanol–water partition coefficient (Wildman–Crippen LogP) is 1.97. The number of amides is 1. The van der Waals surface area contributed by atoms with Crippen molar-refractivity contribution in [1.82, 2.24) is 5.32 Å². The van der Waals surface area contributed by atoms with E-state index in [1.807, 2.05) is 11.9 Å². The van der Waals surface area contributed by atoms with E-state index < -0.39 is 0 Å². The molecule has 3 rings (SSSR count). The van der Waals surface area contributed by atoms with Crippen LogP contribution in [-0.2, 0) is 4.79 Å². The maximum atomic E-state index is 12.5. The second-order valence-electron chi connectivity index (χ2n) is 5.55. The Morgan fingerprint density at radius 2 is 2.06 bits per heavy atom. The molecule has 1 amide bonds. The second-order valence-corrected chi connectivity index (χ2v) is 5.55. The van der Waals surface area contributed by atoms with Crippen molar-refractivity contribution < 1.29 is 4.79 Å². The quantitative estimate of drug-likeness (QED) is 0.757. The zero-order chi connectivity index (χ0) is 12.9. The van der Waals surface area contributed by atoms with Gasteiger partial charge in [0.05, 0.1) is 5.69 Å². The summed E-state index contributed by atoms with van der Waals surface area (Å²) in [5.74, 6) is 0.824. The minimum absolute atomic E-state index is 0.172. The molecule has 0 radical (unpaired) electrons. The van der Waals surface area contributed by atoms with Gasteiger partial charge in [-0.1, -0.05) is 12.1 Å². The molecule has 1 fully saturated rings. The first-order valence-electron chi connectivity index (χ1n) is 6.69. The predicted molar refractivity (Wildman–Crippen MR) is 73.0 cm³/mol. The Balaban J connectivity index is 2.18. The van der Waals surface area contributed by atoms with Crippen LogP contribution in [0.15, 0.2) is 12.1 Å². The minimum Gasteiger partial charge on any atom is -0.316 e. The van der Waals surface area contributed by atoms with Gasteiger partial charge in [0.15, 0.2) is 0 Å². The lowest BCUT2D eigenvalue weighted by Gasteiger charge is -2.41. The van der Waals surface area contributed by atoms with Crippen molar-refractivity contribution in [3.8, 4) is 0 Å². The fraction of sp³-hybridized carbons (Fsp3) is 0.533. The Labute approximate surface area is 108 Å². The Bertz CT molecular complexity index is 509. The van der Waals surface area contributed by atoms with Gasteiger partial charge in [-0.25, -0.2) is 0 Å². The van der Waals surface area contributed by atoms with E-state index in [0.717, 1.165) is 25.2 Å². The van der Waals surface area contributed by atoms with E-state index in [-0.39, 0.29) is 5.92 Å². The maximum absolute atomic E-state index is 12.5. The van der Waals surface area contributed by atoms with Crippen LogP contribution in [-0.4, -0.2) is 26.0 Å². The van der Waals surface area contributed by atoms with E-state index in [9.17, 15) is 4.79 Å². The molecule has 3 nitrogen and oxygen atoms in total. The van der Waals surface area contributed by atoms with Gasteiger partial charge in [-0.15, -0.1) is 0 Å². The number of nitrogens with one attached hydrogen (secondary N) is 1. The van der Waals surface area contributed by atoms with Crippen LogP contribution < -0.4 is 10.2 Å². The maximum Gasteiger partial charge on any atom is 0.230 e. The first-order chi connectivity index (χ1) is 8.61. The number of nitrogens with zero attached hydrogens (tertiary/aromatic N) is 1. The third kappa shape index (κ3) is 1.50. The molecule has 2 heterocycles. The van der Waals surface area contributed by atoms with Gasteiger partial charge in [-0.3, -0.25) is 4.79 Å². The molecular weight excluding hydrogens is 224 g/mol. The number of carbonyl (C=O) groups is 1. The van der Waals surface area contributed by atoms with Crippen molar-refractivity contribution in [2.24, 2.45) is 5.92 Å².